The van der Waals surface area contributed by atoms with E-state index in [0.717, 1.165) is 5.56 Å². The molecule has 0 aliphatic rings. The molecule has 0 saturated carbocycles. The fourth-order valence-electron chi connectivity index (χ4n) is 2.16. The molecule has 3 N–H and O–H groups in total. The van der Waals surface area contributed by atoms with E-state index in [0.29, 0.717) is 13.0 Å². The zero-order valence-corrected chi connectivity index (χ0v) is 13.7. The predicted octanol–water partition coefficient (Wildman–Crippen LogP) is 2.70. The number of anilines is 1. The highest BCUT2D eigenvalue weighted by molar-refractivity contribution is 6.06. The molecule has 0 atom stereocenters. The number of carbonyl (C=O) groups is 2. The van der Waals surface area contributed by atoms with E-state index in [2.05, 4.69) is 10.6 Å². The minimum Gasteiger partial charge on any atom is -0.478 e. The van der Waals surface area contributed by atoms with Crippen molar-refractivity contribution in [1.82, 2.24) is 5.32 Å². The van der Waals surface area contributed by atoms with Crippen molar-refractivity contribution in [3.05, 3.63) is 77.2 Å². The van der Waals surface area contributed by atoms with E-state index in [-0.39, 0.29) is 22.6 Å². The van der Waals surface area contributed by atoms with Gasteiger partial charge in [-0.1, -0.05) is 18.2 Å². The summed E-state index contributed by atoms with van der Waals surface area (Å²) in [6, 6.07) is 13.6. The summed E-state index contributed by atoms with van der Waals surface area (Å²) in [7, 11) is 0. The molecule has 0 aromatic heterocycles. The van der Waals surface area contributed by atoms with E-state index >= 15 is 0 Å². The highest BCUT2D eigenvalue weighted by atomic mass is 19.1. The summed E-state index contributed by atoms with van der Waals surface area (Å²) in [4.78, 5) is 23.0. The van der Waals surface area contributed by atoms with Gasteiger partial charge in [-0.05, 0) is 42.3 Å². The molecule has 0 aliphatic heterocycles. The second kappa shape index (κ2) is 8.99. The van der Waals surface area contributed by atoms with Crippen molar-refractivity contribution >= 4 is 17.6 Å². The number of benzene rings is 2. The molecule has 2 aromatic carbocycles. The minimum atomic E-state index is -1.11. The van der Waals surface area contributed by atoms with Crippen molar-refractivity contribution < 1.29 is 19.1 Å². The maximum Gasteiger partial charge on any atom is 0.335 e. The summed E-state index contributed by atoms with van der Waals surface area (Å²) >= 11 is 0. The first-order valence-electron chi connectivity index (χ1n) is 7.72. The number of hydrogen-bond donors (Lipinski definition) is 3. The fraction of sp³-hybridized carbons (Fsp3) is 0.105. The summed E-state index contributed by atoms with van der Waals surface area (Å²) in [5, 5.41) is 23.4. The van der Waals surface area contributed by atoms with Gasteiger partial charge in [-0.3, -0.25) is 4.79 Å². The molecular formula is C19H16FN3O3. The average Bonchev–Trinajstić information content (AvgIpc) is 2.62. The van der Waals surface area contributed by atoms with E-state index in [1.165, 1.54) is 42.6 Å². The third kappa shape index (κ3) is 5.46. The third-order valence-corrected chi connectivity index (χ3v) is 3.43. The number of rotatable bonds is 7. The smallest absolute Gasteiger partial charge is 0.335 e. The normalized spacial score (nSPS) is 10.7. The van der Waals surface area contributed by atoms with Gasteiger partial charge >= 0.3 is 5.97 Å². The van der Waals surface area contributed by atoms with E-state index in [9.17, 15) is 14.0 Å². The quantitative estimate of drug-likeness (QED) is 0.403. The zero-order chi connectivity index (χ0) is 18.9. The maximum atomic E-state index is 13.1. The van der Waals surface area contributed by atoms with Gasteiger partial charge in [0.1, 0.15) is 17.5 Å². The van der Waals surface area contributed by atoms with Crippen molar-refractivity contribution in [2.75, 3.05) is 11.9 Å². The molecule has 1 amide bonds. The van der Waals surface area contributed by atoms with Crippen LogP contribution < -0.4 is 10.6 Å². The van der Waals surface area contributed by atoms with Gasteiger partial charge in [0, 0.05) is 18.4 Å². The first kappa shape index (κ1) is 18.7. The molecule has 7 heteroatoms. The van der Waals surface area contributed by atoms with Gasteiger partial charge in [0.05, 0.1) is 5.56 Å². The van der Waals surface area contributed by atoms with Crippen LogP contribution in [0.1, 0.15) is 15.9 Å². The highest BCUT2D eigenvalue weighted by Crippen LogP contribution is 2.12. The van der Waals surface area contributed by atoms with Gasteiger partial charge in [-0.15, -0.1) is 0 Å². The molecule has 132 valence electrons. The molecule has 0 aliphatic carbocycles. The number of carbonyl (C=O) groups excluding carboxylic acids is 1. The zero-order valence-electron chi connectivity index (χ0n) is 13.7. The first-order chi connectivity index (χ1) is 12.5. The largest absolute Gasteiger partial charge is 0.478 e. The van der Waals surface area contributed by atoms with Gasteiger partial charge in [0.2, 0.25) is 0 Å². The van der Waals surface area contributed by atoms with Crippen LogP contribution in [0, 0.1) is 17.1 Å². The van der Waals surface area contributed by atoms with Crippen LogP contribution in [0.2, 0.25) is 0 Å². The standard InChI is InChI=1S/C19H16FN3O3/c20-16-5-1-3-13(9-16)7-8-22-12-15(11-21)18(24)23-17-6-2-4-14(10-17)19(25)26/h1-6,9-10,12,22H,7-8H2,(H,23,24)(H,25,26)/b15-12-. The Bertz CT molecular complexity index is 888. The lowest BCUT2D eigenvalue weighted by atomic mass is 10.1. The highest BCUT2D eigenvalue weighted by Gasteiger charge is 2.10. The molecule has 0 heterocycles. The summed E-state index contributed by atoms with van der Waals surface area (Å²) in [6.07, 6.45) is 1.80. The molecular weight excluding hydrogens is 337 g/mol. The van der Waals surface area contributed by atoms with E-state index in [1.807, 2.05) is 0 Å². The Balaban J connectivity index is 1.93. The topological polar surface area (TPSA) is 102 Å². The second-order valence-electron chi connectivity index (χ2n) is 5.34. The van der Waals surface area contributed by atoms with Gasteiger partial charge in [-0.2, -0.15) is 5.26 Å². The Morgan fingerprint density at radius 1 is 1.19 bits per heavy atom. The van der Waals surface area contributed by atoms with Crippen molar-refractivity contribution in [1.29, 1.82) is 5.26 Å². The SMILES string of the molecule is N#C/C(=C/NCCc1cccc(F)c1)C(=O)Nc1cccc(C(=O)O)c1. The second-order valence-corrected chi connectivity index (χ2v) is 5.34. The Kier molecular flexibility index (Phi) is 6.46. The van der Waals surface area contributed by atoms with Crippen LogP contribution in [-0.4, -0.2) is 23.5 Å². The van der Waals surface area contributed by atoms with Crippen molar-refractivity contribution in [2.45, 2.75) is 6.42 Å². The van der Waals surface area contributed by atoms with Crippen LogP contribution in [0.25, 0.3) is 0 Å². The average molecular weight is 353 g/mol. The Morgan fingerprint density at radius 2 is 1.96 bits per heavy atom. The third-order valence-electron chi connectivity index (χ3n) is 3.43. The molecule has 0 saturated heterocycles. The lowest BCUT2D eigenvalue weighted by molar-refractivity contribution is -0.112. The molecule has 0 unspecified atom stereocenters. The predicted molar refractivity (Wildman–Crippen MR) is 93.8 cm³/mol. The van der Waals surface area contributed by atoms with Gasteiger partial charge in [0.15, 0.2) is 0 Å². The first-order valence-corrected chi connectivity index (χ1v) is 7.72. The van der Waals surface area contributed by atoms with Crippen LogP contribution in [0.5, 0.6) is 0 Å². The number of nitrogens with zero attached hydrogens (tertiary/aromatic N) is 1. The van der Waals surface area contributed by atoms with Crippen molar-refractivity contribution in [3.63, 3.8) is 0 Å². The van der Waals surface area contributed by atoms with Gasteiger partial charge in [-0.25, -0.2) is 9.18 Å². The molecule has 0 spiro atoms. The van der Waals surface area contributed by atoms with Crippen LogP contribution in [-0.2, 0) is 11.2 Å². The van der Waals surface area contributed by atoms with E-state index < -0.39 is 11.9 Å². The van der Waals surface area contributed by atoms with Crippen LogP contribution in [0.3, 0.4) is 0 Å². The Morgan fingerprint density at radius 3 is 2.65 bits per heavy atom. The monoisotopic (exact) mass is 353 g/mol. The molecule has 0 fully saturated rings. The van der Waals surface area contributed by atoms with Crippen molar-refractivity contribution in [3.8, 4) is 6.07 Å². The van der Waals surface area contributed by atoms with Gasteiger partial charge in [0.25, 0.3) is 5.91 Å². The summed E-state index contributed by atoms with van der Waals surface area (Å²) in [5.74, 6) is -2.09. The summed E-state index contributed by atoms with van der Waals surface area (Å²) < 4.78 is 13.1. The van der Waals surface area contributed by atoms with Crippen LogP contribution in [0.4, 0.5) is 10.1 Å². The van der Waals surface area contributed by atoms with Crippen LogP contribution in [0.15, 0.2) is 60.3 Å². The number of amides is 1. The molecule has 26 heavy (non-hydrogen) atoms. The maximum absolute atomic E-state index is 13.1. The van der Waals surface area contributed by atoms with E-state index in [1.54, 1.807) is 18.2 Å². The number of nitrogens with one attached hydrogen (secondary N) is 2. The minimum absolute atomic E-state index is 0.0264. The number of halogens is 1. The number of carboxylic acid groups (broad SMARTS) is 1. The lowest BCUT2D eigenvalue weighted by Gasteiger charge is -2.06. The summed E-state index contributed by atoms with van der Waals surface area (Å²) in [6.45, 7) is 0.413. The molecule has 2 aromatic rings. The van der Waals surface area contributed by atoms with Crippen molar-refractivity contribution in [2.24, 2.45) is 0 Å². The molecule has 0 radical (unpaired) electrons. The Hall–Kier alpha value is -3.66. The number of nitriles is 1. The molecule has 2 rings (SSSR count). The van der Waals surface area contributed by atoms with Crippen LogP contribution >= 0.6 is 0 Å². The number of aromatic carboxylic acids is 1. The Labute approximate surface area is 149 Å². The fourth-order valence-corrected chi connectivity index (χ4v) is 2.16. The number of carboxylic acids is 1. The van der Waals surface area contributed by atoms with Gasteiger partial charge < -0.3 is 15.7 Å². The lowest BCUT2D eigenvalue weighted by Crippen LogP contribution is -2.18. The molecule has 0 bridgehead atoms. The molecule has 6 nitrogen and oxygen atoms in total. The number of hydrogen-bond acceptors (Lipinski definition) is 4. The van der Waals surface area contributed by atoms with E-state index in [4.69, 9.17) is 10.4 Å². The summed E-state index contributed by atoms with van der Waals surface area (Å²) in [5.41, 5.74) is 0.929.